The number of benzene rings is 5. The highest BCUT2D eigenvalue weighted by Gasteiger charge is 2.18. The maximum Gasteiger partial charge on any atom is 0.0577 e. The molecule has 6 aromatic rings. The molecule has 0 aliphatic carbocycles. The average molecular weight is 371 g/mol. The molecule has 0 atom stereocenters. The molecule has 138 valence electrons. The third-order valence-electron chi connectivity index (χ3n) is 6.16. The Balaban J connectivity index is 1.96. The van der Waals surface area contributed by atoms with Gasteiger partial charge in [0, 0.05) is 28.2 Å². The van der Waals surface area contributed by atoms with Gasteiger partial charge in [-0.25, -0.2) is 0 Å². The van der Waals surface area contributed by atoms with Gasteiger partial charge in [-0.2, -0.15) is 0 Å². The molecule has 0 amide bonds. The van der Waals surface area contributed by atoms with Crippen molar-refractivity contribution in [3.05, 3.63) is 97.1 Å². The quantitative estimate of drug-likeness (QED) is 0.274. The largest absolute Gasteiger partial charge is 0.340 e. The van der Waals surface area contributed by atoms with Gasteiger partial charge in [0.05, 0.1) is 5.52 Å². The maximum atomic E-state index is 2.48. The zero-order valence-corrected chi connectivity index (χ0v) is 16.4. The molecule has 1 aromatic heterocycles. The molecule has 5 aromatic carbocycles. The molecule has 0 bridgehead atoms. The first-order valence-electron chi connectivity index (χ1n) is 10.3. The zero-order chi connectivity index (χ0) is 19.4. The number of nitrogens with zero attached hydrogens (tertiary/aromatic N) is 1. The van der Waals surface area contributed by atoms with Crippen LogP contribution in [0.4, 0.5) is 0 Å². The average Bonchev–Trinajstić information content (AvgIpc) is 3.14. The normalized spacial score (nSPS) is 11.8. The van der Waals surface area contributed by atoms with Gasteiger partial charge in [-0.05, 0) is 40.3 Å². The van der Waals surface area contributed by atoms with E-state index in [9.17, 15) is 0 Å². The minimum atomic E-state index is 0.951. The van der Waals surface area contributed by atoms with E-state index < -0.39 is 0 Å². The molecular weight excluding hydrogens is 350 g/mol. The molecule has 0 spiro atoms. The summed E-state index contributed by atoms with van der Waals surface area (Å²) in [6.45, 7) is 3.20. The van der Waals surface area contributed by atoms with E-state index in [-0.39, 0.29) is 0 Å². The van der Waals surface area contributed by atoms with Gasteiger partial charge in [-0.15, -0.1) is 0 Å². The Morgan fingerprint density at radius 2 is 1.17 bits per heavy atom. The van der Waals surface area contributed by atoms with Crippen molar-refractivity contribution in [2.75, 3.05) is 0 Å². The topological polar surface area (TPSA) is 4.93 Å². The molecule has 6 rings (SSSR count). The van der Waals surface area contributed by atoms with E-state index in [1.807, 2.05) is 0 Å². The van der Waals surface area contributed by atoms with Crippen LogP contribution in [0.3, 0.4) is 0 Å². The monoisotopic (exact) mass is 371 g/mol. The van der Waals surface area contributed by atoms with E-state index in [2.05, 4.69) is 109 Å². The van der Waals surface area contributed by atoms with Crippen LogP contribution in [0, 0.1) is 0 Å². The SMILES string of the molecule is CCn1c2ccccc2c2c3ccccc3c3c(-c4ccccc4)cccc3c21. The fraction of sp³-hybridized carbons (Fsp3) is 0.0714. The number of hydrogen-bond acceptors (Lipinski definition) is 0. The highest BCUT2D eigenvalue weighted by molar-refractivity contribution is 6.33. The van der Waals surface area contributed by atoms with Crippen LogP contribution in [0.1, 0.15) is 6.92 Å². The molecule has 1 heterocycles. The van der Waals surface area contributed by atoms with Crippen molar-refractivity contribution in [2.45, 2.75) is 13.5 Å². The van der Waals surface area contributed by atoms with Crippen molar-refractivity contribution in [3.8, 4) is 11.1 Å². The Bertz CT molecular complexity index is 1520. The van der Waals surface area contributed by atoms with E-state index >= 15 is 0 Å². The summed E-state index contributed by atoms with van der Waals surface area (Å²) in [7, 11) is 0. The predicted molar refractivity (Wildman–Crippen MR) is 126 cm³/mol. The van der Waals surface area contributed by atoms with Crippen molar-refractivity contribution in [3.63, 3.8) is 0 Å². The lowest BCUT2D eigenvalue weighted by Gasteiger charge is -2.14. The van der Waals surface area contributed by atoms with Crippen LogP contribution in [-0.4, -0.2) is 4.57 Å². The molecule has 29 heavy (non-hydrogen) atoms. The van der Waals surface area contributed by atoms with Gasteiger partial charge < -0.3 is 4.57 Å². The third-order valence-corrected chi connectivity index (χ3v) is 6.16. The van der Waals surface area contributed by atoms with Gasteiger partial charge in [0.25, 0.3) is 0 Å². The smallest absolute Gasteiger partial charge is 0.0577 e. The lowest BCUT2D eigenvalue weighted by Crippen LogP contribution is -1.95. The minimum Gasteiger partial charge on any atom is -0.340 e. The van der Waals surface area contributed by atoms with Crippen molar-refractivity contribution in [2.24, 2.45) is 0 Å². The number of fused-ring (bicyclic) bond motifs is 8. The molecule has 0 unspecified atom stereocenters. The van der Waals surface area contributed by atoms with Crippen LogP contribution in [0.2, 0.25) is 0 Å². The summed E-state index contributed by atoms with van der Waals surface area (Å²) in [5.41, 5.74) is 5.23. The molecule has 0 N–H and O–H groups in total. The standard InChI is InChI=1S/C28H21N/c1-2-29-25-18-9-8-15-23(25)27-22-14-7-6-13-21(22)26-20(19-11-4-3-5-12-19)16-10-17-24(26)28(27)29/h3-18H,2H2,1H3. The van der Waals surface area contributed by atoms with Crippen LogP contribution in [-0.2, 0) is 6.54 Å². The van der Waals surface area contributed by atoms with Crippen LogP contribution < -0.4 is 0 Å². The van der Waals surface area contributed by atoms with Gasteiger partial charge in [-0.1, -0.05) is 91.0 Å². The molecule has 0 saturated heterocycles. The summed E-state index contributed by atoms with van der Waals surface area (Å²) in [6, 6.07) is 35.2. The van der Waals surface area contributed by atoms with Crippen LogP contribution in [0.15, 0.2) is 97.1 Å². The molecular formula is C28H21N. The molecule has 1 nitrogen and oxygen atoms in total. The summed E-state index contributed by atoms with van der Waals surface area (Å²) < 4.78 is 2.48. The van der Waals surface area contributed by atoms with Gasteiger partial charge in [0.1, 0.15) is 0 Å². The predicted octanol–water partition coefficient (Wildman–Crippen LogP) is 7.79. The summed E-state index contributed by atoms with van der Waals surface area (Å²) >= 11 is 0. The number of aromatic nitrogens is 1. The summed E-state index contributed by atoms with van der Waals surface area (Å²) in [5.74, 6) is 0. The van der Waals surface area contributed by atoms with Crippen LogP contribution in [0.5, 0.6) is 0 Å². The first kappa shape index (κ1) is 16.4. The van der Waals surface area contributed by atoms with Gasteiger partial charge >= 0.3 is 0 Å². The second kappa shape index (κ2) is 6.22. The molecule has 0 saturated carbocycles. The second-order valence-corrected chi connectivity index (χ2v) is 7.62. The van der Waals surface area contributed by atoms with E-state index in [4.69, 9.17) is 0 Å². The van der Waals surface area contributed by atoms with Gasteiger partial charge in [0.15, 0.2) is 0 Å². The van der Waals surface area contributed by atoms with E-state index in [1.54, 1.807) is 0 Å². The number of aryl methyl sites for hydroxylation is 1. The fourth-order valence-corrected chi connectivity index (χ4v) is 5.00. The van der Waals surface area contributed by atoms with Crippen molar-refractivity contribution in [1.82, 2.24) is 4.57 Å². The molecule has 0 aliphatic rings. The molecule has 0 fully saturated rings. The molecule has 0 radical (unpaired) electrons. The zero-order valence-electron chi connectivity index (χ0n) is 16.4. The van der Waals surface area contributed by atoms with E-state index in [1.165, 1.54) is 54.5 Å². The molecule has 1 heteroatoms. The second-order valence-electron chi connectivity index (χ2n) is 7.62. The van der Waals surface area contributed by atoms with Crippen molar-refractivity contribution >= 4 is 43.4 Å². The van der Waals surface area contributed by atoms with Crippen LogP contribution >= 0.6 is 0 Å². The Morgan fingerprint density at radius 1 is 0.552 bits per heavy atom. The number of para-hydroxylation sites is 1. The summed E-state index contributed by atoms with van der Waals surface area (Å²) in [5, 5.41) is 8.05. The Labute approximate surface area is 169 Å². The molecule has 0 aliphatic heterocycles. The van der Waals surface area contributed by atoms with Crippen molar-refractivity contribution in [1.29, 1.82) is 0 Å². The lowest BCUT2D eigenvalue weighted by molar-refractivity contribution is 0.829. The highest BCUT2D eigenvalue weighted by Crippen LogP contribution is 2.43. The van der Waals surface area contributed by atoms with Crippen LogP contribution in [0.25, 0.3) is 54.5 Å². The minimum absolute atomic E-state index is 0.951. The summed E-state index contributed by atoms with van der Waals surface area (Å²) in [4.78, 5) is 0. The highest BCUT2D eigenvalue weighted by atomic mass is 15.0. The van der Waals surface area contributed by atoms with E-state index in [0.29, 0.717) is 0 Å². The summed E-state index contributed by atoms with van der Waals surface area (Å²) in [6.07, 6.45) is 0. The van der Waals surface area contributed by atoms with Gasteiger partial charge in [-0.3, -0.25) is 0 Å². The first-order valence-corrected chi connectivity index (χ1v) is 10.3. The fourth-order valence-electron chi connectivity index (χ4n) is 5.00. The number of rotatable bonds is 2. The third kappa shape index (κ3) is 2.22. The Hall–Kier alpha value is -3.58. The van der Waals surface area contributed by atoms with E-state index in [0.717, 1.165) is 6.54 Å². The lowest BCUT2D eigenvalue weighted by atomic mass is 9.91. The van der Waals surface area contributed by atoms with Gasteiger partial charge in [0.2, 0.25) is 0 Å². The van der Waals surface area contributed by atoms with Crippen molar-refractivity contribution < 1.29 is 0 Å². The maximum absolute atomic E-state index is 2.48. The Morgan fingerprint density at radius 3 is 1.93 bits per heavy atom. The number of hydrogen-bond donors (Lipinski definition) is 0. The first-order chi connectivity index (χ1) is 14.4. The Kier molecular flexibility index (Phi) is 3.51.